The van der Waals surface area contributed by atoms with Gasteiger partial charge in [-0.3, -0.25) is 9.69 Å². The molecule has 0 radical (unpaired) electrons. The van der Waals surface area contributed by atoms with Gasteiger partial charge in [-0.15, -0.1) is 0 Å². The molecule has 1 N–H and O–H groups in total. The molecule has 1 heterocycles. The number of carbonyl (C=O) groups excluding carboxylic acids is 1. The van der Waals surface area contributed by atoms with Crippen LogP contribution in [0.2, 0.25) is 0 Å². The minimum Gasteiger partial charge on any atom is -0.363 e. The van der Waals surface area contributed by atoms with Crippen LogP contribution >= 0.6 is 0 Å². The van der Waals surface area contributed by atoms with E-state index >= 15 is 0 Å². The van der Waals surface area contributed by atoms with Gasteiger partial charge in [-0.1, -0.05) is 48.5 Å². The van der Waals surface area contributed by atoms with Crippen LogP contribution in [-0.4, -0.2) is 22.0 Å². The lowest BCUT2D eigenvalue weighted by molar-refractivity contribution is -0.0542. The molecule has 0 spiro atoms. The lowest BCUT2D eigenvalue weighted by Crippen LogP contribution is -2.46. The summed E-state index contributed by atoms with van der Waals surface area (Å²) in [6.07, 6.45) is 1.93. The number of fused-ring (bicyclic) bond motifs is 1. The third-order valence-corrected chi connectivity index (χ3v) is 4.19. The first-order chi connectivity index (χ1) is 9.73. The number of rotatable bonds is 2. The SMILES string of the molecule is O=C1c2ccccc2[C@@](O)(c2ccccc2)N1C1CC1. The quantitative estimate of drug-likeness (QED) is 0.906. The van der Waals surface area contributed by atoms with Crippen molar-refractivity contribution >= 4 is 5.91 Å². The predicted molar refractivity (Wildman–Crippen MR) is 75.1 cm³/mol. The van der Waals surface area contributed by atoms with E-state index in [2.05, 4.69) is 0 Å². The third kappa shape index (κ3) is 1.41. The Morgan fingerprint density at radius 3 is 2.35 bits per heavy atom. The molecule has 1 saturated carbocycles. The van der Waals surface area contributed by atoms with Crippen LogP contribution in [0.3, 0.4) is 0 Å². The number of aliphatic hydroxyl groups is 1. The molecule has 2 aliphatic rings. The van der Waals surface area contributed by atoms with E-state index in [1.54, 1.807) is 11.0 Å². The Hall–Kier alpha value is -2.13. The molecule has 4 rings (SSSR count). The molecule has 100 valence electrons. The number of amides is 1. The highest BCUT2D eigenvalue weighted by Crippen LogP contribution is 2.47. The smallest absolute Gasteiger partial charge is 0.257 e. The van der Waals surface area contributed by atoms with Crippen molar-refractivity contribution in [1.29, 1.82) is 0 Å². The Morgan fingerprint density at radius 2 is 1.65 bits per heavy atom. The van der Waals surface area contributed by atoms with Crippen molar-refractivity contribution in [2.75, 3.05) is 0 Å². The largest absolute Gasteiger partial charge is 0.363 e. The molecule has 3 nitrogen and oxygen atoms in total. The number of benzene rings is 2. The van der Waals surface area contributed by atoms with Gasteiger partial charge in [-0.05, 0) is 18.9 Å². The molecule has 2 aromatic carbocycles. The van der Waals surface area contributed by atoms with E-state index in [-0.39, 0.29) is 11.9 Å². The zero-order valence-corrected chi connectivity index (χ0v) is 11.0. The second-order valence-corrected chi connectivity index (χ2v) is 5.49. The van der Waals surface area contributed by atoms with Gasteiger partial charge in [-0.2, -0.15) is 0 Å². The van der Waals surface area contributed by atoms with Crippen molar-refractivity contribution in [2.45, 2.75) is 24.6 Å². The van der Waals surface area contributed by atoms with E-state index in [0.717, 1.165) is 18.4 Å². The Bertz CT molecular complexity index is 678. The van der Waals surface area contributed by atoms with E-state index in [4.69, 9.17) is 0 Å². The van der Waals surface area contributed by atoms with Crippen LogP contribution in [0.4, 0.5) is 0 Å². The van der Waals surface area contributed by atoms with Gasteiger partial charge >= 0.3 is 0 Å². The van der Waals surface area contributed by atoms with Crippen molar-refractivity contribution in [1.82, 2.24) is 4.90 Å². The monoisotopic (exact) mass is 265 g/mol. The fourth-order valence-electron chi connectivity index (χ4n) is 3.11. The summed E-state index contributed by atoms with van der Waals surface area (Å²) in [6.45, 7) is 0. The normalized spacial score (nSPS) is 24.9. The molecule has 3 heteroatoms. The van der Waals surface area contributed by atoms with Crippen molar-refractivity contribution in [3.63, 3.8) is 0 Å². The number of hydrogen-bond donors (Lipinski definition) is 1. The summed E-state index contributed by atoms with van der Waals surface area (Å²) in [7, 11) is 0. The second-order valence-electron chi connectivity index (χ2n) is 5.49. The maximum atomic E-state index is 12.6. The van der Waals surface area contributed by atoms with Crippen molar-refractivity contribution in [3.05, 3.63) is 71.3 Å². The Labute approximate surface area is 117 Å². The fraction of sp³-hybridized carbons (Fsp3) is 0.235. The van der Waals surface area contributed by atoms with Crippen LogP contribution in [0.1, 0.15) is 34.3 Å². The summed E-state index contributed by atoms with van der Waals surface area (Å²) >= 11 is 0. The third-order valence-electron chi connectivity index (χ3n) is 4.19. The number of nitrogens with zero attached hydrogens (tertiary/aromatic N) is 1. The molecule has 20 heavy (non-hydrogen) atoms. The molecule has 1 aliphatic carbocycles. The first-order valence-corrected chi connectivity index (χ1v) is 6.94. The van der Waals surface area contributed by atoms with Crippen LogP contribution < -0.4 is 0 Å². The average molecular weight is 265 g/mol. The standard InChI is InChI=1S/C17H15NO2/c19-16-14-8-4-5-9-15(14)17(20,18(16)13-10-11-13)12-6-2-1-3-7-12/h1-9,13,20H,10-11H2/t17-/m0/s1. The number of carbonyl (C=O) groups is 1. The molecular weight excluding hydrogens is 250 g/mol. The van der Waals surface area contributed by atoms with Crippen molar-refractivity contribution < 1.29 is 9.90 Å². The summed E-state index contributed by atoms with van der Waals surface area (Å²) in [5.74, 6) is -0.0607. The zero-order valence-electron chi connectivity index (χ0n) is 11.0. The molecule has 2 aromatic rings. The van der Waals surface area contributed by atoms with Gasteiger partial charge in [0.25, 0.3) is 5.91 Å². The van der Waals surface area contributed by atoms with Gasteiger partial charge in [0, 0.05) is 22.7 Å². The second kappa shape index (κ2) is 3.93. The molecule has 1 atom stereocenters. The highest BCUT2D eigenvalue weighted by molar-refractivity contribution is 6.00. The molecule has 0 unspecified atom stereocenters. The minimum atomic E-state index is -1.32. The number of hydrogen-bond acceptors (Lipinski definition) is 2. The van der Waals surface area contributed by atoms with E-state index in [0.29, 0.717) is 11.1 Å². The Kier molecular flexibility index (Phi) is 2.30. The van der Waals surface area contributed by atoms with Crippen molar-refractivity contribution in [3.8, 4) is 0 Å². The zero-order chi connectivity index (χ0) is 13.7. The molecule has 1 amide bonds. The summed E-state index contributed by atoms with van der Waals surface area (Å²) in [4.78, 5) is 14.3. The fourth-order valence-corrected chi connectivity index (χ4v) is 3.11. The van der Waals surface area contributed by atoms with Crippen LogP contribution in [0.25, 0.3) is 0 Å². The van der Waals surface area contributed by atoms with Gasteiger partial charge in [-0.25, -0.2) is 0 Å². The van der Waals surface area contributed by atoms with Crippen LogP contribution in [0.5, 0.6) is 0 Å². The Balaban J connectivity index is 1.97. The highest BCUT2D eigenvalue weighted by Gasteiger charge is 2.54. The Morgan fingerprint density at radius 1 is 1.00 bits per heavy atom. The highest BCUT2D eigenvalue weighted by atomic mass is 16.3. The van der Waals surface area contributed by atoms with Crippen LogP contribution in [0.15, 0.2) is 54.6 Å². The predicted octanol–water partition coefficient (Wildman–Crippen LogP) is 2.50. The molecule has 0 bridgehead atoms. The average Bonchev–Trinajstić information content (AvgIpc) is 3.29. The summed E-state index contributed by atoms with van der Waals surface area (Å²) in [5, 5.41) is 11.4. The molecular formula is C17H15NO2. The van der Waals surface area contributed by atoms with Gasteiger partial charge in [0.05, 0.1) is 0 Å². The van der Waals surface area contributed by atoms with E-state index in [1.165, 1.54) is 0 Å². The topological polar surface area (TPSA) is 40.5 Å². The van der Waals surface area contributed by atoms with Gasteiger partial charge in [0.2, 0.25) is 0 Å². The van der Waals surface area contributed by atoms with E-state index < -0.39 is 5.72 Å². The first kappa shape index (κ1) is 11.7. The lowest BCUT2D eigenvalue weighted by atomic mass is 9.94. The van der Waals surface area contributed by atoms with Gasteiger partial charge in [0.1, 0.15) is 0 Å². The van der Waals surface area contributed by atoms with Crippen LogP contribution in [0, 0.1) is 0 Å². The first-order valence-electron chi connectivity index (χ1n) is 6.94. The van der Waals surface area contributed by atoms with E-state index in [1.807, 2.05) is 48.5 Å². The van der Waals surface area contributed by atoms with E-state index in [9.17, 15) is 9.90 Å². The minimum absolute atomic E-state index is 0.0607. The van der Waals surface area contributed by atoms with Gasteiger partial charge in [0.15, 0.2) is 5.72 Å². The maximum absolute atomic E-state index is 12.6. The van der Waals surface area contributed by atoms with Crippen LogP contribution in [-0.2, 0) is 5.72 Å². The molecule has 0 saturated heterocycles. The summed E-state index contributed by atoms with van der Waals surface area (Å²) in [6, 6.07) is 17.0. The van der Waals surface area contributed by atoms with Crippen molar-refractivity contribution in [2.24, 2.45) is 0 Å². The maximum Gasteiger partial charge on any atom is 0.257 e. The molecule has 0 aromatic heterocycles. The summed E-state index contributed by atoms with van der Waals surface area (Å²) in [5.41, 5.74) is 0.745. The molecule has 1 fully saturated rings. The van der Waals surface area contributed by atoms with Gasteiger partial charge < -0.3 is 5.11 Å². The molecule has 1 aliphatic heterocycles. The summed E-state index contributed by atoms with van der Waals surface area (Å²) < 4.78 is 0. The lowest BCUT2D eigenvalue weighted by Gasteiger charge is -2.35.